The summed E-state index contributed by atoms with van der Waals surface area (Å²) in [4.78, 5) is 25.7. The normalized spacial score (nSPS) is 11.2. The molecule has 0 radical (unpaired) electrons. The van der Waals surface area contributed by atoms with Gasteiger partial charge in [-0.2, -0.15) is 0 Å². The molecule has 0 bridgehead atoms. The molecule has 0 aliphatic heterocycles. The SMILES string of the molecule is CCCCOc1ccc(C(=O)Oc2ccc(C(=O)[O][Sn]([CH2]CCC)([CH2]CCC)[CH2]CCC)cc2)cc1. The standard InChI is InChI=1S/C18H18O5.3C4H9.Sn/c1-2-3-12-22-15-8-6-14(7-9-15)18(21)23-16-10-4-13(5-11-16)17(19)20;3*1-3-4-2;/h4-11H,2-3,12H2,1H3,(H,19,20);3*1,3-4H2,2H3;/q;;;;+1/p-1. The molecule has 0 saturated carbocycles. The molecule has 0 atom stereocenters. The third-order valence-corrected chi connectivity index (χ3v) is 19.0. The summed E-state index contributed by atoms with van der Waals surface area (Å²) in [5, 5.41) is 0. The zero-order chi connectivity index (χ0) is 26.2. The molecule has 0 saturated heterocycles. The van der Waals surface area contributed by atoms with Crippen LogP contribution >= 0.6 is 0 Å². The Labute approximate surface area is 222 Å². The van der Waals surface area contributed by atoms with E-state index in [-0.39, 0.29) is 5.97 Å². The molecule has 0 N–H and O–H groups in total. The van der Waals surface area contributed by atoms with Gasteiger partial charge in [0.05, 0.1) is 6.61 Å². The maximum atomic E-state index is 13.1. The van der Waals surface area contributed by atoms with Crippen LogP contribution in [0, 0.1) is 0 Å². The van der Waals surface area contributed by atoms with Gasteiger partial charge in [0, 0.05) is 0 Å². The van der Waals surface area contributed by atoms with Crippen molar-refractivity contribution < 1.29 is 22.1 Å². The molecule has 0 aliphatic carbocycles. The second-order valence-electron chi connectivity index (χ2n) is 9.52. The van der Waals surface area contributed by atoms with Gasteiger partial charge >= 0.3 is 192 Å². The van der Waals surface area contributed by atoms with E-state index in [9.17, 15) is 9.59 Å². The van der Waals surface area contributed by atoms with E-state index in [1.54, 1.807) is 48.5 Å². The molecular weight excluding hydrogens is 559 g/mol. The number of hydrogen-bond donors (Lipinski definition) is 0. The fraction of sp³-hybridized carbons (Fsp3) is 0.533. The number of esters is 1. The Hall–Kier alpha value is -2.02. The zero-order valence-corrected chi connectivity index (χ0v) is 25.5. The molecule has 0 fully saturated rings. The van der Waals surface area contributed by atoms with E-state index >= 15 is 0 Å². The summed E-state index contributed by atoms with van der Waals surface area (Å²) < 4.78 is 20.9. The summed E-state index contributed by atoms with van der Waals surface area (Å²) in [5.41, 5.74) is 0.969. The summed E-state index contributed by atoms with van der Waals surface area (Å²) in [5.74, 6) is 0.476. The van der Waals surface area contributed by atoms with Crippen LogP contribution in [0.15, 0.2) is 48.5 Å². The summed E-state index contributed by atoms with van der Waals surface area (Å²) in [6, 6.07) is 13.7. The van der Waals surface area contributed by atoms with E-state index in [1.165, 1.54) is 0 Å². The van der Waals surface area contributed by atoms with Crippen molar-refractivity contribution in [1.82, 2.24) is 0 Å². The Morgan fingerprint density at radius 1 is 0.611 bits per heavy atom. The second-order valence-corrected chi connectivity index (χ2v) is 21.1. The molecule has 0 unspecified atom stereocenters. The van der Waals surface area contributed by atoms with E-state index in [4.69, 9.17) is 12.5 Å². The molecule has 5 nitrogen and oxygen atoms in total. The first-order chi connectivity index (χ1) is 17.5. The van der Waals surface area contributed by atoms with E-state index in [0.29, 0.717) is 23.5 Å². The zero-order valence-electron chi connectivity index (χ0n) is 22.6. The van der Waals surface area contributed by atoms with Crippen LogP contribution in [0.4, 0.5) is 0 Å². The molecule has 0 aliphatic rings. The Morgan fingerprint density at radius 3 is 1.53 bits per heavy atom. The summed E-state index contributed by atoms with van der Waals surface area (Å²) in [6.07, 6.45) is 8.86. The van der Waals surface area contributed by atoms with Gasteiger partial charge in [0.15, 0.2) is 0 Å². The van der Waals surface area contributed by atoms with E-state index in [0.717, 1.165) is 70.4 Å². The Balaban J connectivity index is 2.02. The van der Waals surface area contributed by atoms with Gasteiger partial charge in [-0.05, 0) is 6.42 Å². The molecule has 2 aromatic carbocycles. The summed E-state index contributed by atoms with van der Waals surface area (Å²) in [6.45, 7) is 9.38. The molecular formula is C30H44O5Sn. The number of hydrogen-bond acceptors (Lipinski definition) is 5. The number of benzene rings is 2. The van der Waals surface area contributed by atoms with Crippen molar-refractivity contribution in [3.8, 4) is 11.5 Å². The van der Waals surface area contributed by atoms with Crippen molar-refractivity contribution in [3.63, 3.8) is 0 Å². The fourth-order valence-corrected chi connectivity index (χ4v) is 17.1. The van der Waals surface area contributed by atoms with Gasteiger partial charge in [-0.1, -0.05) is 13.3 Å². The predicted octanol–water partition coefficient (Wildman–Crippen LogP) is 8.59. The van der Waals surface area contributed by atoms with Gasteiger partial charge in [0.2, 0.25) is 0 Å². The predicted molar refractivity (Wildman–Crippen MR) is 149 cm³/mol. The average Bonchev–Trinajstić information content (AvgIpc) is 2.90. The molecule has 0 heterocycles. The fourth-order valence-electron chi connectivity index (χ4n) is 4.13. The van der Waals surface area contributed by atoms with Crippen molar-refractivity contribution in [2.24, 2.45) is 0 Å². The van der Waals surface area contributed by atoms with Crippen LogP contribution in [-0.2, 0) is 3.07 Å². The van der Waals surface area contributed by atoms with Crippen molar-refractivity contribution in [2.75, 3.05) is 6.61 Å². The quantitative estimate of drug-likeness (QED) is 0.0785. The molecule has 0 aromatic heterocycles. The van der Waals surface area contributed by atoms with Gasteiger partial charge in [-0.15, -0.1) is 0 Å². The molecule has 36 heavy (non-hydrogen) atoms. The minimum absolute atomic E-state index is 0.217. The van der Waals surface area contributed by atoms with Crippen LogP contribution in [0.1, 0.15) is 99.8 Å². The van der Waals surface area contributed by atoms with E-state index in [1.807, 2.05) is 0 Å². The number of carbonyl (C=O) groups excluding carboxylic acids is 2. The van der Waals surface area contributed by atoms with Crippen molar-refractivity contribution in [2.45, 2.75) is 92.4 Å². The second kappa shape index (κ2) is 16.7. The molecule has 2 rings (SSSR count). The van der Waals surface area contributed by atoms with Crippen LogP contribution in [0.5, 0.6) is 11.5 Å². The summed E-state index contributed by atoms with van der Waals surface area (Å²) >= 11 is -3.04. The van der Waals surface area contributed by atoms with Crippen LogP contribution in [0.3, 0.4) is 0 Å². The monoisotopic (exact) mass is 604 g/mol. The van der Waals surface area contributed by atoms with Crippen LogP contribution in [0.2, 0.25) is 13.3 Å². The van der Waals surface area contributed by atoms with Crippen LogP contribution < -0.4 is 9.47 Å². The Bertz CT molecular complexity index is 886. The van der Waals surface area contributed by atoms with Crippen molar-refractivity contribution in [1.29, 1.82) is 0 Å². The van der Waals surface area contributed by atoms with Gasteiger partial charge in [-0.3, -0.25) is 0 Å². The molecule has 6 heteroatoms. The minimum atomic E-state index is -3.04. The van der Waals surface area contributed by atoms with E-state index in [2.05, 4.69) is 27.7 Å². The average molecular weight is 603 g/mol. The Morgan fingerprint density at radius 2 is 1.06 bits per heavy atom. The molecule has 198 valence electrons. The third kappa shape index (κ3) is 10.2. The van der Waals surface area contributed by atoms with Crippen LogP contribution in [0.25, 0.3) is 0 Å². The van der Waals surface area contributed by atoms with Gasteiger partial charge in [0.25, 0.3) is 0 Å². The molecule has 0 amide bonds. The first-order valence-electron chi connectivity index (χ1n) is 13.7. The number of ether oxygens (including phenoxy) is 2. The first-order valence-corrected chi connectivity index (χ1v) is 21.0. The van der Waals surface area contributed by atoms with Gasteiger partial charge < -0.3 is 4.74 Å². The number of carbonyl (C=O) groups is 2. The Kier molecular flexibility index (Phi) is 14.0. The number of rotatable bonds is 17. The molecule has 2 aromatic rings. The summed E-state index contributed by atoms with van der Waals surface area (Å²) in [7, 11) is 0. The van der Waals surface area contributed by atoms with Crippen molar-refractivity contribution in [3.05, 3.63) is 59.7 Å². The third-order valence-electron chi connectivity index (χ3n) is 6.42. The van der Waals surface area contributed by atoms with Gasteiger partial charge in [-0.25, -0.2) is 0 Å². The van der Waals surface area contributed by atoms with Crippen LogP contribution in [-0.4, -0.2) is 37.3 Å². The van der Waals surface area contributed by atoms with Crippen molar-refractivity contribution >= 4 is 30.7 Å². The van der Waals surface area contributed by atoms with E-state index < -0.39 is 24.8 Å². The topological polar surface area (TPSA) is 61.8 Å². The number of unbranched alkanes of at least 4 members (excludes halogenated alkanes) is 4. The first kappa shape index (κ1) is 30.2. The van der Waals surface area contributed by atoms with Gasteiger partial charge in [0.1, 0.15) is 0 Å². The maximum absolute atomic E-state index is 13.1. The molecule has 0 spiro atoms.